The number of alkyl halides is 3. The smallest absolute Gasteiger partial charge is 0.379 e. The van der Waals surface area contributed by atoms with E-state index in [0.29, 0.717) is 52.2 Å². The first-order valence-corrected chi connectivity index (χ1v) is 12.6. The number of amides is 1. The van der Waals surface area contributed by atoms with E-state index in [1.165, 1.54) is 0 Å². The first-order valence-electron chi connectivity index (χ1n) is 12.6. The molecule has 1 atom stereocenters. The fraction of sp³-hybridized carbons (Fsp3) is 0.560. The molecule has 3 N–H and O–H groups in total. The summed E-state index contributed by atoms with van der Waals surface area (Å²) in [5.74, 6) is -0.244. The molecule has 4 rings (SSSR count). The fourth-order valence-corrected chi connectivity index (χ4v) is 4.34. The molecule has 1 amide bonds. The molecule has 1 aromatic heterocycles. The fourth-order valence-electron chi connectivity index (χ4n) is 4.34. The third-order valence-corrected chi connectivity index (χ3v) is 6.37. The molecule has 2 aliphatic rings. The van der Waals surface area contributed by atoms with Crippen molar-refractivity contribution in [2.45, 2.75) is 38.5 Å². The minimum atomic E-state index is -4.61. The van der Waals surface area contributed by atoms with E-state index >= 15 is 0 Å². The highest BCUT2D eigenvalue weighted by atomic mass is 19.4. The van der Waals surface area contributed by atoms with Crippen molar-refractivity contribution in [3.8, 4) is 0 Å². The van der Waals surface area contributed by atoms with Gasteiger partial charge in [-0.1, -0.05) is 19.1 Å². The minimum Gasteiger partial charge on any atom is -0.379 e. The molecule has 12 heteroatoms. The second-order valence-electron chi connectivity index (χ2n) is 8.94. The topological polar surface area (TPSA) is 101 Å². The maximum absolute atomic E-state index is 13.6. The Balaban J connectivity index is 1.44. The summed E-state index contributed by atoms with van der Waals surface area (Å²) in [5.41, 5.74) is 1.81. The lowest BCUT2D eigenvalue weighted by molar-refractivity contribution is -0.137. The molecule has 2 saturated heterocycles. The summed E-state index contributed by atoms with van der Waals surface area (Å²) >= 11 is 0. The summed E-state index contributed by atoms with van der Waals surface area (Å²) in [6.45, 7) is 6.19. The van der Waals surface area contributed by atoms with Gasteiger partial charge in [-0.2, -0.15) is 18.2 Å². The Kier molecular flexibility index (Phi) is 9.17. The van der Waals surface area contributed by atoms with Crippen LogP contribution in [0, 0.1) is 0 Å². The number of anilines is 3. The van der Waals surface area contributed by atoms with Crippen LogP contribution in [-0.4, -0.2) is 73.3 Å². The minimum absolute atomic E-state index is 0.00828. The van der Waals surface area contributed by atoms with Gasteiger partial charge in [0, 0.05) is 44.6 Å². The highest BCUT2D eigenvalue weighted by Crippen LogP contribution is 2.34. The Morgan fingerprint density at radius 2 is 2.11 bits per heavy atom. The first-order chi connectivity index (χ1) is 17.8. The van der Waals surface area contributed by atoms with Crippen LogP contribution in [-0.2, 0) is 26.9 Å². The van der Waals surface area contributed by atoms with Crippen molar-refractivity contribution in [1.82, 2.24) is 20.2 Å². The molecule has 37 heavy (non-hydrogen) atoms. The van der Waals surface area contributed by atoms with Gasteiger partial charge in [0.1, 0.15) is 11.4 Å². The van der Waals surface area contributed by atoms with Crippen LogP contribution >= 0.6 is 0 Å². The number of rotatable bonds is 9. The van der Waals surface area contributed by atoms with Crippen molar-refractivity contribution in [1.29, 1.82) is 0 Å². The largest absolute Gasteiger partial charge is 0.421 e. The predicted molar refractivity (Wildman–Crippen MR) is 133 cm³/mol. The number of carbonyl (C=O) groups excluding carboxylic acids is 1. The molecular formula is C25H33F3N6O3. The van der Waals surface area contributed by atoms with Gasteiger partial charge in [0.05, 0.1) is 32.3 Å². The van der Waals surface area contributed by atoms with Crippen LogP contribution in [0.1, 0.15) is 42.6 Å². The molecule has 3 heterocycles. The third-order valence-electron chi connectivity index (χ3n) is 6.37. The van der Waals surface area contributed by atoms with Gasteiger partial charge >= 0.3 is 6.18 Å². The highest BCUT2D eigenvalue weighted by molar-refractivity contribution is 5.76. The van der Waals surface area contributed by atoms with Crippen LogP contribution < -0.4 is 16.0 Å². The molecule has 0 spiro atoms. The second-order valence-corrected chi connectivity index (χ2v) is 8.94. The molecule has 9 nitrogen and oxygen atoms in total. The van der Waals surface area contributed by atoms with Crippen LogP contribution in [0.5, 0.6) is 0 Å². The number of hydrogen-bond acceptors (Lipinski definition) is 8. The first kappa shape index (κ1) is 27.1. The molecule has 2 aliphatic heterocycles. The number of hydrogen-bond donors (Lipinski definition) is 3. The average molecular weight is 523 g/mol. The molecule has 1 aromatic carbocycles. The van der Waals surface area contributed by atoms with Crippen LogP contribution in [0.15, 0.2) is 24.4 Å². The van der Waals surface area contributed by atoms with Gasteiger partial charge in [-0.25, -0.2) is 4.98 Å². The number of aryl methyl sites for hydroxylation is 1. The lowest BCUT2D eigenvalue weighted by Crippen LogP contribution is -2.33. The number of aromatic nitrogens is 2. The molecule has 1 unspecified atom stereocenters. The summed E-state index contributed by atoms with van der Waals surface area (Å²) in [6, 6.07) is 5.86. The maximum atomic E-state index is 13.6. The predicted octanol–water partition coefficient (Wildman–Crippen LogP) is 3.51. The zero-order valence-corrected chi connectivity index (χ0v) is 20.9. The van der Waals surface area contributed by atoms with Crippen molar-refractivity contribution in [3.63, 3.8) is 0 Å². The van der Waals surface area contributed by atoms with Gasteiger partial charge in [0.15, 0.2) is 0 Å². The van der Waals surface area contributed by atoms with E-state index in [4.69, 9.17) is 9.47 Å². The normalized spacial score (nSPS) is 19.0. The van der Waals surface area contributed by atoms with E-state index in [0.717, 1.165) is 36.1 Å². The van der Waals surface area contributed by atoms with Crippen molar-refractivity contribution in [2.24, 2.45) is 0 Å². The van der Waals surface area contributed by atoms with E-state index in [1.54, 1.807) is 4.90 Å². The molecule has 0 bridgehead atoms. The van der Waals surface area contributed by atoms with Gasteiger partial charge in [-0.05, 0) is 30.0 Å². The van der Waals surface area contributed by atoms with E-state index in [9.17, 15) is 18.0 Å². The Morgan fingerprint density at radius 3 is 2.86 bits per heavy atom. The molecule has 0 aliphatic carbocycles. The van der Waals surface area contributed by atoms with Gasteiger partial charge in [0.25, 0.3) is 0 Å². The molecular weight excluding hydrogens is 489 g/mol. The van der Waals surface area contributed by atoms with Gasteiger partial charge < -0.3 is 30.3 Å². The summed E-state index contributed by atoms with van der Waals surface area (Å²) in [7, 11) is 0. The quantitative estimate of drug-likeness (QED) is 0.431. The van der Waals surface area contributed by atoms with Crippen molar-refractivity contribution in [3.05, 3.63) is 41.1 Å². The SMILES string of the molecule is CCc1cc(C2CNCCO2)ccc1Nc1ncc(C(F)(F)F)c(NCCCN2CCOCCC2=O)n1. The molecule has 2 fully saturated rings. The van der Waals surface area contributed by atoms with Crippen LogP contribution in [0.4, 0.5) is 30.6 Å². The Morgan fingerprint density at radius 1 is 1.24 bits per heavy atom. The number of halogens is 3. The van der Waals surface area contributed by atoms with E-state index < -0.39 is 11.7 Å². The maximum Gasteiger partial charge on any atom is 0.421 e. The number of carbonyl (C=O) groups is 1. The van der Waals surface area contributed by atoms with Crippen molar-refractivity contribution >= 4 is 23.4 Å². The number of ether oxygens (including phenoxy) is 2. The van der Waals surface area contributed by atoms with E-state index in [1.807, 2.05) is 25.1 Å². The van der Waals surface area contributed by atoms with Crippen molar-refractivity contribution < 1.29 is 27.4 Å². The lowest BCUT2D eigenvalue weighted by atomic mass is 10.0. The Bertz CT molecular complexity index is 1060. The van der Waals surface area contributed by atoms with Crippen LogP contribution in [0.2, 0.25) is 0 Å². The average Bonchev–Trinajstić information content (AvgIpc) is 3.10. The molecule has 202 valence electrons. The Labute approximate surface area is 214 Å². The lowest BCUT2D eigenvalue weighted by Gasteiger charge is -2.25. The van der Waals surface area contributed by atoms with Gasteiger partial charge in [-0.15, -0.1) is 0 Å². The van der Waals surface area contributed by atoms with Gasteiger partial charge in [-0.3, -0.25) is 4.79 Å². The Hall–Kier alpha value is -2.96. The monoisotopic (exact) mass is 522 g/mol. The van der Waals surface area contributed by atoms with Crippen LogP contribution in [0.3, 0.4) is 0 Å². The van der Waals surface area contributed by atoms with Crippen molar-refractivity contribution in [2.75, 3.05) is 63.2 Å². The summed E-state index contributed by atoms with van der Waals surface area (Å²) in [5, 5.41) is 9.18. The molecule has 2 aromatic rings. The summed E-state index contributed by atoms with van der Waals surface area (Å²) in [6.07, 6.45) is -2.36. The number of nitrogens with zero attached hydrogens (tertiary/aromatic N) is 3. The number of nitrogens with one attached hydrogen (secondary N) is 3. The second kappa shape index (κ2) is 12.5. The highest BCUT2D eigenvalue weighted by Gasteiger charge is 2.35. The zero-order chi connectivity index (χ0) is 26.3. The van der Waals surface area contributed by atoms with E-state index in [2.05, 4.69) is 25.9 Å². The molecule has 0 saturated carbocycles. The van der Waals surface area contributed by atoms with E-state index in [-0.39, 0.29) is 30.3 Å². The van der Waals surface area contributed by atoms with Crippen LogP contribution in [0.25, 0.3) is 0 Å². The number of morpholine rings is 1. The zero-order valence-electron chi connectivity index (χ0n) is 20.9. The molecule has 0 radical (unpaired) electrons. The van der Waals surface area contributed by atoms with Gasteiger partial charge in [0.2, 0.25) is 11.9 Å². The third kappa shape index (κ3) is 7.30. The summed E-state index contributed by atoms with van der Waals surface area (Å²) in [4.78, 5) is 21.8. The number of benzene rings is 1. The standard InChI is InChI=1S/C25H33F3N6O3/c1-2-17-14-18(21-16-29-8-12-37-21)4-5-20(17)32-24-31-15-19(25(26,27)28)23(33-24)30-7-3-9-34-10-13-36-11-6-22(34)35/h4-5,14-15,21,29H,2-3,6-13,16H2,1H3,(H2,30,31,32,33). The summed E-state index contributed by atoms with van der Waals surface area (Å²) < 4.78 is 52.0.